The minimum Gasteiger partial charge on any atom is -0.393 e. The van der Waals surface area contributed by atoms with Crippen molar-refractivity contribution >= 4 is 23.2 Å². The summed E-state index contributed by atoms with van der Waals surface area (Å²) in [4.78, 5) is 0. The Balaban J connectivity index is 2.71. The maximum absolute atomic E-state index is 9.27. The van der Waals surface area contributed by atoms with Crippen LogP contribution in [0.4, 0.5) is 0 Å². The lowest BCUT2D eigenvalue weighted by Gasteiger charge is -2.15. The van der Waals surface area contributed by atoms with Crippen molar-refractivity contribution in [2.45, 2.75) is 32.8 Å². The van der Waals surface area contributed by atoms with Gasteiger partial charge in [0.25, 0.3) is 0 Å². The zero-order valence-electron chi connectivity index (χ0n) is 9.00. The van der Waals surface area contributed by atoms with Gasteiger partial charge in [0.05, 0.1) is 6.10 Å². The Kier molecular flexibility index (Phi) is 4.91. The first kappa shape index (κ1) is 12.8. The zero-order valence-corrected chi connectivity index (χ0v) is 10.5. The predicted octanol–water partition coefficient (Wildman–Crippen LogP) is 3.94. The highest BCUT2D eigenvalue weighted by atomic mass is 35.5. The van der Waals surface area contributed by atoms with E-state index < -0.39 is 0 Å². The molecule has 15 heavy (non-hydrogen) atoms. The fraction of sp³-hybridized carbons (Fsp3) is 0.500. The van der Waals surface area contributed by atoms with Crippen molar-refractivity contribution in [3.05, 3.63) is 33.8 Å². The summed E-state index contributed by atoms with van der Waals surface area (Å²) in [7, 11) is 0. The van der Waals surface area contributed by atoms with Crippen LogP contribution in [0.2, 0.25) is 10.0 Å². The van der Waals surface area contributed by atoms with E-state index in [-0.39, 0.29) is 6.10 Å². The molecule has 1 aromatic carbocycles. The number of aliphatic hydroxyl groups excluding tert-OH is 1. The third kappa shape index (κ3) is 4.02. The fourth-order valence-electron chi connectivity index (χ4n) is 1.74. The van der Waals surface area contributed by atoms with E-state index in [1.165, 1.54) is 0 Å². The summed E-state index contributed by atoms with van der Waals surface area (Å²) in [5.41, 5.74) is 0.981. The van der Waals surface area contributed by atoms with Crippen molar-refractivity contribution < 1.29 is 5.11 Å². The second kappa shape index (κ2) is 5.74. The predicted molar refractivity (Wildman–Crippen MR) is 65.6 cm³/mol. The van der Waals surface area contributed by atoms with Gasteiger partial charge in [-0.25, -0.2) is 0 Å². The average Bonchev–Trinajstić information content (AvgIpc) is 2.10. The molecule has 0 aromatic heterocycles. The molecule has 0 spiro atoms. The van der Waals surface area contributed by atoms with Gasteiger partial charge in [-0.05, 0) is 43.4 Å². The van der Waals surface area contributed by atoms with E-state index in [4.69, 9.17) is 23.2 Å². The summed E-state index contributed by atoms with van der Waals surface area (Å²) in [6.45, 7) is 3.89. The number of benzene rings is 1. The smallest absolute Gasteiger partial charge is 0.0514 e. The Labute approximate surface area is 101 Å². The molecule has 0 amide bonds. The van der Waals surface area contributed by atoms with Crippen LogP contribution in [-0.4, -0.2) is 11.2 Å². The maximum Gasteiger partial charge on any atom is 0.0514 e. The largest absolute Gasteiger partial charge is 0.393 e. The Hall–Kier alpha value is -0.240. The van der Waals surface area contributed by atoms with E-state index in [1.807, 2.05) is 18.2 Å². The van der Waals surface area contributed by atoms with Crippen LogP contribution in [-0.2, 0) is 6.42 Å². The molecule has 2 atom stereocenters. The summed E-state index contributed by atoms with van der Waals surface area (Å²) in [6.07, 6.45) is 1.30. The second-order valence-electron chi connectivity index (χ2n) is 4.09. The first-order valence-electron chi connectivity index (χ1n) is 5.11. The molecule has 1 aromatic rings. The van der Waals surface area contributed by atoms with Crippen LogP contribution >= 0.6 is 23.2 Å². The molecule has 0 aliphatic rings. The summed E-state index contributed by atoms with van der Waals surface area (Å²) >= 11 is 12.1. The Morgan fingerprint density at radius 1 is 1.20 bits per heavy atom. The Bertz CT molecular complexity index is 303. The lowest BCUT2D eigenvalue weighted by atomic mass is 9.96. The van der Waals surface area contributed by atoms with E-state index in [9.17, 15) is 5.11 Å². The van der Waals surface area contributed by atoms with E-state index in [1.54, 1.807) is 6.92 Å². The molecule has 1 rings (SSSR count). The molecule has 0 radical (unpaired) electrons. The number of aliphatic hydroxyl groups is 1. The molecule has 84 valence electrons. The van der Waals surface area contributed by atoms with Crippen LogP contribution < -0.4 is 0 Å². The molecule has 3 heteroatoms. The first-order chi connectivity index (χ1) is 7.00. The maximum atomic E-state index is 9.27. The van der Waals surface area contributed by atoms with E-state index in [0.29, 0.717) is 16.0 Å². The van der Waals surface area contributed by atoms with E-state index in [2.05, 4.69) is 6.92 Å². The summed E-state index contributed by atoms with van der Waals surface area (Å²) in [5, 5.41) is 10.7. The molecule has 0 saturated carbocycles. The van der Waals surface area contributed by atoms with Gasteiger partial charge in [-0.3, -0.25) is 0 Å². The molecule has 0 aliphatic heterocycles. The number of rotatable bonds is 4. The van der Waals surface area contributed by atoms with Crippen LogP contribution in [0.1, 0.15) is 25.8 Å². The first-order valence-corrected chi connectivity index (χ1v) is 5.87. The third-order valence-corrected chi connectivity index (χ3v) is 3.07. The van der Waals surface area contributed by atoms with E-state index in [0.717, 1.165) is 18.4 Å². The monoisotopic (exact) mass is 246 g/mol. The highest BCUT2D eigenvalue weighted by molar-refractivity contribution is 6.35. The Morgan fingerprint density at radius 3 is 2.20 bits per heavy atom. The normalized spacial score (nSPS) is 15.0. The standard InChI is InChI=1S/C12H16Cl2O/c1-8(6-9(2)15)7-10-11(13)4-3-5-12(10)14/h3-5,8-9,15H,6-7H2,1-2H3. The van der Waals surface area contributed by atoms with Crippen LogP contribution in [0.25, 0.3) is 0 Å². The lowest BCUT2D eigenvalue weighted by Crippen LogP contribution is -2.09. The summed E-state index contributed by atoms with van der Waals surface area (Å²) in [6, 6.07) is 5.53. The molecule has 1 N–H and O–H groups in total. The minimum atomic E-state index is -0.277. The van der Waals surface area contributed by atoms with Crippen LogP contribution in [0.3, 0.4) is 0 Å². The average molecular weight is 247 g/mol. The van der Waals surface area contributed by atoms with Crippen molar-refractivity contribution in [2.75, 3.05) is 0 Å². The molecule has 0 bridgehead atoms. The SMILES string of the molecule is CC(O)CC(C)Cc1c(Cl)cccc1Cl. The second-order valence-corrected chi connectivity index (χ2v) is 4.91. The topological polar surface area (TPSA) is 20.2 Å². The van der Waals surface area contributed by atoms with Crippen molar-refractivity contribution in [3.8, 4) is 0 Å². The third-order valence-electron chi connectivity index (χ3n) is 2.36. The highest BCUT2D eigenvalue weighted by Gasteiger charge is 2.11. The molecule has 0 saturated heterocycles. The number of halogens is 2. The molecule has 0 heterocycles. The van der Waals surface area contributed by atoms with Crippen molar-refractivity contribution in [1.29, 1.82) is 0 Å². The number of hydrogen-bond donors (Lipinski definition) is 1. The van der Waals surface area contributed by atoms with Gasteiger partial charge in [0.2, 0.25) is 0 Å². The van der Waals surface area contributed by atoms with Gasteiger partial charge in [-0.2, -0.15) is 0 Å². The molecular weight excluding hydrogens is 231 g/mol. The quantitative estimate of drug-likeness (QED) is 0.854. The minimum absolute atomic E-state index is 0.277. The van der Waals surface area contributed by atoms with Crippen LogP contribution in [0.15, 0.2) is 18.2 Å². The lowest BCUT2D eigenvalue weighted by molar-refractivity contribution is 0.164. The van der Waals surface area contributed by atoms with Crippen LogP contribution in [0, 0.1) is 5.92 Å². The van der Waals surface area contributed by atoms with Gasteiger partial charge < -0.3 is 5.11 Å². The van der Waals surface area contributed by atoms with E-state index >= 15 is 0 Å². The van der Waals surface area contributed by atoms with Gasteiger partial charge in [0, 0.05) is 10.0 Å². The van der Waals surface area contributed by atoms with Gasteiger partial charge in [0.15, 0.2) is 0 Å². The zero-order chi connectivity index (χ0) is 11.4. The van der Waals surface area contributed by atoms with Gasteiger partial charge in [-0.15, -0.1) is 0 Å². The molecule has 2 unspecified atom stereocenters. The van der Waals surface area contributed by atoms with Crippen molar-refractivity contribution in [2.24, 2.45) is 5.92 Å². The molecule has 1 nitrogen and oxygen atoms in total. The van der Waals surface area contributed by atoms with Crippen molar-refractivity contribution in [1.82, 2.24) is 0 Å². The Morgan fingerprint density at radius 2 is 1.73 bits per heavy atom. The van der Waals surface area contributed by atoms with Gasteiger partial charge in [0.1, 0.15) is 0 Å². The summed E-state index contributed by atoms with van der Waals surface area (Å²) < 4.78 is 0. The highest BCUT2D eigenvalue weighted by Crippen LogP contribution is 2.27. The molecule has 0 fully saturated rings. The molecular formula is C12H16Cl2O. The summed E-state index contributed by atoms with van der Waals surface area (Å²) in [5.74, 6) is 0.377. The van der Waals surface area contributed by atoms with Gasteiger partial charge in [-0.1, -0.05) is 36.2 Å². The fourth-order valence-corrected chi connectivity index (χ4v) is 2.29. The number of hydrogen-bond acceptors (Lipinski definition) is 1. The molecule has 0 aliphatic carbocycles. The van der Waals surface area contributed by atoms with Crippen LogP contribution in [0.5, 0.6) is 0 Å². The van der Waals surface area contributed by atoms with Gasteiger partial charge >= 0.3 is 0 Å². The van der Waals surface area contributed by atoms with Crippen molar-refractivity contribution in [3.63, 3.8) is 0 Å².